The van der Waals surface area contributed by atoms with E-state index in [0.29, 0.717) is 5.92 Å². The van der Waals surface area contributed by atoms with Crippen molar-refractivity contribution in [3.05, 3.63) is 18.5 Å². The Balaban J connectivity index is 0.00000261. The number of piperazine rings is 1. The molecule has 1 aromatic rings. The lowest BCUT2D eigenvalue weighted by Gasteiger charge is -2.36. The second-order valence-electron chi connectivity index (χ2n) is 6.65. The second-order valence-corrected chi connectivity index (χ2v) is 6.65. The minimum Gasteiger partial charge on any atom is -0.381 e. The summed E-state index contributed by atoms with van der Waals surface area (Å²) in [6.07, 6.45) is 5.68. The van der Waals surface area contributed by atoms with Gasteiger partial charge in [-0.3, -0.25) is 4.99 Å². The molecule has 2 saturated heterocycles. The van der Waals surface area contributed by atoms with Gasteiger partial charge in [-0.15, -0.1) is 24.0 Å². The van der Waals surface area contributed by atoms with E-state index in [-0.39, 0.29) is 24.0 Å². The summed E-state index contributed by atoms with van der Waals surface area (Å²) in [5.41, 5.74) is 0. The fourth-order valence-electron chi connectivity index (χ4n) is 3.24. The Labute approximate surface area is 178 Å². The van der Waals surface area contributed by atoms with Crippen molar-refractivity contribution in [3.63, 3.8) is 0 Å². The number of halogens is 1. The summed E-state index contributed by atoms with van der Waals surface area (Å²) in [6, 6.07) is 1.84. The van der Waals surface area contributed by atoms with E-state index in [0.717, 1.165) is 83.9 Å². The first-order valence-corrected chi connectivity index (χ1v) is 9.50. The fourth-order valence-corrected chi connectivity index (χ4v) is 3.24. The van der Waals surface area contributed by atoms with Gasteiger partial charge in [-0.25, -0.2) is 9.97 Å². The van der Waals surface area contributed by atoms with Crippen LogP contribution in [0.1, 0.15) is 12.8 Å². The van der Waals surface area contributed by atoms with Crippen molar-refractivity contribution >= 4 is 35.9 Å². The summed E-state index contributed by atoms with van der Waals surface area (Å²) >= 11 is 0. The van der Waals surface area contributed by atoms with Crippen molar-refractivity contribution in [2.75, 3.05) is 71.1 Å². The van der Waals surface area contributed by atoms with Gasteiger partial charge in [-0.05, 0) is 18.9 Å². The smallest absolute Gasteiger partial charge is 0.225 e. The van der Waals surface area contributed by atoms with Crippen LogP contribution >= 0.6 is 24.0 Å². The number of nitrogens with zero attached hydrogens (tertiary/aromatic N) is 5. The number of nitrogens with one attached hydrogen (secondary N) is 1. The van der Waals surface area contributed by atoms with E-state index >= 15 is 0 Å². The highest BCUT2D eigenvalue weighted by atomic mass is 127. The minimum absolute atomic E-state index is 0. The first-order valence-electron chi connectivity index (χ1n) is 9.50. The van der Waals surface area contributed by atoms with Crippen molar-refractivity contribution in [2.24, 2.45) is 10.9 Å². The number of rotatable bonds is 7. The molecule has 1 N–H and O–H groups in total. The molecule has 2 fully saturated rings. The summed E-state index contributed by atoms with van der Waals surface area (Å²) in [5, 5.41) is 3.44. The predicted molar refractivity (Wildman–Crippen MR) is 117 cm³/mol. The van der Waals surface area contributed by atoms with E-state index in [4.69, 9.17) is 9.47 Å². The van der Waals surface area contributed by atoms with Gasteiger partial charge in [0.25, 0.3) is 0 Å². The number of aromatic nitrogens is 2. The van der Waals surface area contributed by atoms with E-state index in [1.807, 2.05) is 13.1 Å². The zero-order chi connectivity index (χ0) is 18.0. The molecule has 1 atom stereocenters. The Bertz CT molecular complexity index is 548. The molecule has 0 saturated carbocycles. The molecule has 0 aliphatic carbocycles. The fraction of sp³-hybridized carbons (Fsp3) is 0.722. The highest BCUT2D eigenvalue weighted by molar-refractivity contribution is 14.0. The van der Waals surface area contributed by atoms with Gasteiger partial charge in [0.1, 0.15) is 0 Å². The van der Waals surface area contributed by atoms with Gasteiger partial charge in [0.2, 0.25) is 5.95 Å². The molecule has 0 bridgehead atoms. The number of hydrogen-bond acceptors (Lipinski definition) is 6. The Morgan fingerprint density at radius 3 is 2.74 bits per heavy atom. The highest BCUT2D eigenvalue weighted by Crippen LogP contribution is 2.12. The lowest BCUT2D eigenvalue weighted by atomic mass is 10.1. The Morgan fingerprint density at radius 1 is 1.30 bits per heavy atom. The van der Waals surface area contributed by atoms with Crippen LogP contribution in [0.4, 0.5) is 5.95 Å². The molecule has 0 radical (unpaired) electrons. The normalized spacial score (nSPS) is 20.5. The summed E-state index contributed by atoms with van der Waals surface area (Å²) in [4.78, 5) is 17.6. The SMILES string of the molecule is CN=C(NCCCOCC1CCOC1)N1CCN(c2ncccn2)CC1.I. The number of anilines is 1. The predicted octanol–water partition coefficient (Wildman–Crippen LogP) is 1.24. The van der Waals surface area contributed by atoms with Crippen LogP contribution in [0.25, 0.3) is 0 Å². The maximum atomic E-state index is 5.75. The standard InChI is InChI=1S/C18H30N6O2.HI/c1-19-17(20-7-3-12-25-14-16-4-13-26-15-16)23-8-10-24(11-9-23)18-21-5-2-6-22-18;/h2,5-6,16H,3-4,7-15H2,1H3,(H,19,20);1H. The van der Waals surface area contributed by atoms with Gasteiger partial charge >= 0.3 is 0 Å². The van der Waals surface area contributed by atoms with Crippen molar-refractivity contribution in [3.8, 4) is 0 Å². The molecular formula is C18H31IN6O2. The zero-order valence-electron chi connectivity index (χ0n) is 16.0. The Hall–Kier alpha value is -1.20. The van der Waals surface area contributed by atoms with Crippen LogP contribution in [0.2, 0.25) is 0 Å². The van der Waals surface area contributed by atoms with E-state index in [9.17, 15) is 0 Å². The summed E-state index contributed by atoms with van der Waals surface area (Å²) in [5.74, 6) is 2.35. The molecule has 3 rings (SSSR count). The van der Waals surface area contributed by atoms with Gasteiger partial charge in [-0.1, -0.05) is 0 Å². The monoisotopic (exact) mass is 490 g/mol. The third kappa shape index (κ3) is 7.04. The molecule has 0 spiro atoms. The van der Waals surface area contributed by atoms with E-state index in [2.05, 4.69) is 30.1 Å². The van der Waals surface area contributed by atoms with E-state index < -0.39 is 0 Å². The van der Waals surface area contributed by atoms with E-state index in [1.54, 1.807) is 12.4 Å². The van der Waals surface area contributed by atoms with Crippen LogP contribution in [-0.2, 0) is 9.47 Å². The van der Waals surface area contributed by atoms with Crippen LogP contribution in [0.15, 0.2) is 23.5 Å². The summed E-state index contributed by atoms with van der Waals surface area (Å²) in [6.45, 7) is 7.83. The van der Waals surface area contributed by atoms with Crippen molar-refractivity contribution in [1.82, 2.24) is 20.2 Å². The molecule has 8 nitrogen and oxygen atoms in total. The molecule has 2 aliphatic heterocycles. The summed E-state index contributed by atoms with van der Waals surface area (Å²) < 4.78 is 11.1. The van der Waals surface area contributed by atoms with Gasteiger partial charge in [-0.2, -0.15) is 0 Å². The van der Waals surface area contributed by atoms with Crippen molar-refractivity contribution in [2.45, 2.75) is 12.8 Å². The molecule has 3 heterocycles. The summed E-state index contributed by atoms with van der Waals surface area (Å²) in [7, 11) is 1.84. The molecule has 1 aromatic heterocycles. The van der Waals surface area contributed by atoms with Crippen LogP contribution in [-0.4, -0.2) is 87.0 Å². The number of hydrogen-bond donors (Lipinski definition) is 1. The van der Waals surface area contributed by atoms with Crippen molar-refractivity contribution in [1.29, 1.82) is 0 Å². The maximum Gasteiger partial charge on any atom is 0.225 e. The zero-order valence-corrected chi connectivity index (χ0v) is 18.4. The number of ether oxygens (including phenoxy) is 2. The van der Waals surface area contributed by atoms with Crippen molar-refractivity contribution < 1.29 is 9.47 Å². The van der Waals surface area contributed by atoms with Gasteiger partial charge in [0.15, 0.2) is 5.96 Å². The first-order chi connectivity index (χ1) is 12.9. The number of guanidine groups is 1. The third-order valence-corrected chi connectivity index (χ3v) is 4.75. The molecule has 27 heavy (non-hydrogen) atoms. The molecule has 0 aromatic carbocycles. The average Bonchev–Trinajstić information content (AvgIpc) is 3.22. The molecule has 1 unspecified atom stereocenters. The van der Waals surface area contributed by atoms with Crippen LogP contribution < -0.4 is 10.2 Å². The lowest BCUT2D eigenvalue weighted by molar-refractivity contribution is 0.0887. The second kappa shape index (κ2) is 12.3. The largest absolute Gasteiger partial charge is 0.381 e. The Morgan fingerprint density at radius 2 is 2.07 bits per heavy atom. The van der Waals surface area contributed by atoms with Gasteiger partial charge in [0.05, 0.1) is 13.2 Å². The average molecular weight is 490 g/mol. The molecule has 152 valence electrons. The number of aliphatic imine (C=N–C) groups is 1. The van der Waals surface area contributed by atoms with Crippen LogP contribution in [0, 0.1) is 5.92 Å². The topological polar surface area (TPSA) is 75.1 Å². The quantitative estimate of drug-likeness (QED) is 0.267. The Kier molecular flexibility index (Phi) is 10.1. The molecule has 0 amide bonds. The van der Waals surface area contributed by atoms with Gasteiger partial charge in [0, 0.05) is 71.3 Å². The molecule has 2 aliphatic rings. The van der Waals surface area contributed by atoms with Crippen LogP contribution in [0.5, 0.6) is 0 Å². The van der Waals surface area contributed by atoms with E-state index in [1.165, 1.54) is 0 Å². The maximum absolute atomic E-state index is 5.75. The third-order valence-electron chi connectivity index (χ3n) is 4.75. The van der Waals surface area contributed by atoms with Crippen LogP contribution in [0.3, 0.4) is 0 Å². The molecule has 9 heteroatoms. The molecular weight excluding hydrogens is 459 g/mol. The lowest BCUT2D eigenvalue weighted by Crippen LogP contribution is -2.53. The first kappa shape index (κ1) is 22.1. The minimum atomic E-state index is 0. The van der Waals surface area contributed by atoms with Gasteiger partial charge < -0.3 is 24.6 Å². The highest BCUT2D eigenvalue weighted by Gasteiger charge is 2.21.